The second-order valence-electron chi connectivity index (χ2n) is 14.1. The fraction of sp³-hybridized carbons (Fsp3) is 0.375. The van der Waals surface area contributed by atoms with Gasteiger partial charge in [0.1, 0.15) is 23.8 Å². The highest BCUT2D eigenvalue weighted by molar-refractivity contribution is 7.93. The monoisotopic (exact) mass is 794 g/mol. The van der Waals surface area contributed by atoms with Crippen LogP contribution < -0.4 is 9.04 Å². The Balaban J connectivity index is 1.37. The number of para-hydroxylation sites is 1. The van der Waals surface area contributed by atoms with Gasteiger partial charge in [0, 0.05) is 12.5 Å². The minimum atomic E-state index is -4.66. The fourth-order valence-corrected chi connectivity index (χ4v) is 11.0. The maximum absolute atomic E-state index is 15.7. The van der Waals surface area contributed by atoms with Crippen LogP contribution in [0.15, 0.2) is 77.7 Å². The molecule has 1 aliphatic heterocycles. The van der Waals surface area contributed by atoms with Gasteiger partial charge in [0.15, 0.2) is 14.7 Å². The summed E-state index contributed by atoms with van der Waals surface area (Å²) in [5.41, 5.74) is 3.32. The van der Waals surface area contributed by atoms with Gasteiger partial charge >= 0.3 is 5.97 Å². The summed E-state index contributed by atoms with van der Waals surface area (Å²) >= 11 is 0. The number of fused-ring (bicyclic) bond motifs is 1. The lowest BCUT2D eigenvalue weighted by Gasteiger charge is -2.31. The van der Waals surface area contributed by atoms with Crippen molar-refractivity contribution in [2.24, 2.45) is 0 Å². The van der Waals surface area contributed by atoms with Gasteiger partial charge in [-0.3, -0.25) is 19.2 Å². The molecular formula is C40H43FN2O10S2. The van der Waals surface area contributed by atoms with E-state index in [0.29, 0.717) is 24.2 Å². The van der Waals surface area contributed by atoms with E-state index in [2.05, 4.69) is 0 Å². The number of nitrogens with zero attached hydrogens (tertiary/aromatic N) is 2. The Labute approximate surface area is 320 Å². The first kappa shape index (κ1) is 39.8. The molecule has 0 amide bonds. The van der Waals surface area contributed by atoms with E-state index < -0.39 is 58.8 Å². The molecular weight excluding hydrogens is 752 g/mol. The summed E-state index contributed by atoms with van der Waals surface area (Å²) in [7, 11) is -7.83. The van der Waals surface area contributed by atoms with Crippen LogP contribution in [-0.2, 0) is 42.2 Å². The Morgan fingerprint density at radius 2 is 1.73 bits per heavy atom. The van der Waals surface area contributed by atoms with Gasteiger partial charge in [-0.25, -0.2) is 21.2 Å². The van der Waals surface area contributed by atoms with E-state index in [4.69, 9.17) is 9.47 Å². The molecule has 12 nitrogen and oxygen atoms in total. The topological polar surface area (TPSA) is 170 Å². The number of hydrogen-bond donors (Lipinski definition) is 1. The molecule has 0 aromatic heterocycles. The van der Waals surface area contributed by atoms with Crippen LogP contribution in [0.25, 0.3) is 11.1 Å². The molecule has 2 aliphatic rings. The third kappa shape index (κ3) is 8.38. The van der Waals surface area contributed by atoms with E-state index in [-0.39, 0.29) is 61.7 Å². The quantitative estimate of drug-likeness (QED) is 0.0872. The van der Waals surface area contributed by atoms with Crippen LogP contribution in [0.2, 0.25) is 0 Å². The highest BCUT2D eigenvalue weighted by atomic mass is 32.2. The van der Waals surface area contributed by atoms with Gasteiger partial charge < -0.3 is 14.6 Å². The number of rotatable bonds is 13. The highest BCUT2D eigenvalue weighted by Gasteiger charge is 2.41. The summed E-state index contributed by atoms with van der Waals surface area (Å²) in [6, 6.07) is 17.4. The third-order valence-corrected chi connectivity index (χ3v) is 13.9. The number of sulfone groups is 1. The summed E-state index contributed by atoms with van der Waals surface area (Å²) in [5, 5.41) is 23.0. The number of esters is 1. The lowest BCUT2D eigenvalue weighted by molar-refractivity contribution is -0.387. The van der Waals surface area contributed by atoms with E-state index in [9.17, 15) is 36.9 Å². The molecule has 0 spiro atoms. The lowest BCUT2D eigenvalue weighted by atomic mass is 9.90. The Bertz CT molecular complexity index is 2330. The minimum absolute atomic E-state index is 0.0233. The zero-order valence-electron chi connectivity index (χ0n) is 30.8. The van der Waals surface area contributed by atoms with Crippen molar-refractivity contribution in [3.05, 3.63) is 117 Å². The molecule has 1 unspecified atom stereocenters. The summed E-state index contributed by atoms with van der Waals surface area (Å²) < 4.78 is 80.8. The standard InChI is InChI=1S/C40H43FN2O10S2/c1-4-52-38(44)17-13-28-12-14-29(24-34(28)41)42(55(50,51)37-11-6-5-10-36(37)43(46)47)35-16-15-31-32(35)8-7-9-33(31)39-26(2)22-30(23-27(39)3)53-25-40(45)18-20-54(48,49)21-19-40/h5-12,14,22-24,35,45H,4,13,15-21,25H2,1-3H3. The number of nitro groups is 1. The van der Waals surface area contributed by atoms with Gasteiger partial charge in [-0.15, -0.1) is 0 Å². The molecule has 55 heavy (non-hydrogen) atoms. The molecule has 4 aromatic rings. The summed E-state index contributed by atoms with van der Waals surface area (Å²) in [6.07, 6.45) is 0.907. The summed E-state index contributed by atoms with van der Waals surface area (Å²) in [6.45, 7) is 5.63. The predicted molar refractivity (Wildman–Crippen MR) is 205 cm³/mol. The van der Waals surface area contributed by atoms with E-state index in [1.54, 1.807) is 6.92 Å². The van der Waals surface area contributed by atoms with Crippen LogP contribution in [0.5, 0.6) is 5.75 Å². The van der Waals surface area contributed by atoms with Crippen molar-refractivity contribution in [3.8, 4) is 16.9 Å². The maximum atomic E-state index is 15.7. The predicted octanol–water partition coefficient (Wildman–Crippen LogP) is 6.71. The zero-order chi connectivity index (χ0) is 39.7. The number of aryl methyl sites for hydroxylation is 3. The largest absolute Gasteiger partial charge is 0.491 e. The number of halogens is 1. The molecule has 4 aromatic carbocycles. The molecule has 0 saturated carbocycles. The van der Waals surface area contributed by atoms with E-state index in [0.717, 1.165) is 44.3 Å². The average Bonchev–Trinajstić information content (AvgIpc) is 3.56. The van der Waals surface area contributed by atoms with Crippen LogP contribution in [0.4, 0.5) is 15.8 Å². The number of sulfonamides is 1. The molecule has 0 radical (unpaired) electrons. The number of carbonyl (C=O) groups excluding carboxylic acids is 1. The van der Waals surface area contributed by atoms with Gasteiger partial charge in [-0.2, -0.15) is 0 Å². The normalized spacial score (nSPS) is 17.3. The van der Waals surface area contributed by atoms with Crippen molar-refractivity contribution in [1.29, 1.82) is 0 Å². The van der Waals surface area contributed by atoms with Crippen molar-refractivity contribution in [1.82, 2.24) is 0 Å². The number of aliphatic hydroxyl groups is 1. The number of carbonyl (C=O) groups is 1. The number of benzene rings is 4. The number of nitro benzene ring substituents is 1. The minimum Gasteiger partial charge on any atom is -0.491 e. The zero-order valence-corrected chi connectivity index (χ0v) is 32.4. The maximum Gasteiger partial charge on any atom is 0.306 e. The number of hydrogen-bond acceptors (Lipinski definition) is 10. The van der Waals surface area contributed by atoms with Crippen molar-refractivity contribution in [2.45, 2.75) is 75.8 Å². The van der Waals surface area contributed by atoms with E-state index >= 15 is 4.39 Å². The Morgan fingerprint density at radius 3 is 2.38 bits per heavy atom. The lowest BCUT2D eigenvalue weighted by Crippen LogP contribution is -2.43. The molecule has 1 fully saturated rings. The Morgan fingerprint density at radius 1 is 1.04 bits per heavy atom. The first-order chi connectivity index (χ1) is 26.0. The number of ether oxygens (including phenoxy) is 2. The van der Waals surface area contributed by atoms with Crippen LogP contribution in [0.3, 0.4) is 0 Å². The summed E-state index contributed by atoms with van der Waals surface area (Å²) in [5.74, 6) is -0.897. The molecule has 6 rings (SSSR count). The first-order valence-electron chi connectivity index (χ1n) is 18.0. The second kappa shape index (κ2) is 15.7. The molecule has 292 valence electrons. The van der Waals surface area contributed by atoms with Gasteiger partial charge in [0.05, 0.1) is 34.8 Å². The fourth-order valence-electron chi connectivity index (χ4n) is 7.59. The second-order valence-corrected chi connectivity index (χ2v) is 18.2. The van der Waals surface area contributed by atoms with E-state index in [1.165, 1.54) is 30.3 Å². The van der Waals surface area contributed by atoms with Crippen molar-refractivity contribution >= 4 is 37.2 Å². The molecule has 1 N–H and O–H groups in total. The van der Waals surface area contributed by atoms with Crippen molar-refractivity contribution in [2.75, 3.05) is 29.0 Å². The van der Waals surface area contributed by atoms with Crippen LogP contribution in [0.1, 0.15) is 66.5 Å². The number of anilines is 1. The smallest absolute Gasteiger partial charge is 0.306 e. The Hall–Kier alpha value is -4.86. The molecule has 1 heterocycles. The highest BCUT2D eigenvalue weighted by Crippen LogP contribution is 2.47. The van der Waals surface area contributed by atoms with Crippen LogP contribution in [0, 0.1) is 29.8 Å². The molecule has 1 atom stereocenters. The Kier molecular flexibility index (Phi) is 11.4. The first-order valence-corrected chi connectivity index (χ1v) is 21.3. The van der Waals surface area contributed by atoms with Gasteiger partial charge in [0.25, 0.3) is 15.7 Å². The van der Waals surface area contributed by atoms with Gasteiger partial charge in [-0.1, -0.05) is 36.4 Å². The third-order valence-electron chi connectivity index (χ3n) is 10.4. The summed E-state index contributed by atoms with van der Waals surface area (Å²) in [4.78, 5) is 22.7. The molecule has 15 heteroatoms. The average molecular weight is 795 g/mol. The molecule has 1 saturated heterocycles. The molecule has 0 bridgehead atoms. The van der Waals surface area contributed by atoms with E-state index in [1.807, 2.05) is 44.2 Å². The van der Waals surface area contributed by atoms with Crippen LogP contribution in [-0.4, -0.2) is 63.2 Å². The van der Waals surface area contributed by atoms with Crippen molar-refractivity contribution in [3.63, 3.8) is 0 Å². The van der Waals surface area contributed by atoms with Gasteiger partial charge in [-0.05, 0) is 122 Å². The van der Waals surface area contributed by atoms with Crippen LogP contribution >= 0.6 is 0 Å². The van der Waals surface area contributed by atoms with Gasteiger partial charge in [0.2, 0.25) is 0 Å². The molecule has 1 aliphatic carbocycles. The van der Waals surface area contributed by atoms with Crippen molar-refractivity contribution < 1.29 is 45.5 Å². The SMILES string of the molecule is CCOC(=O)CCc1ccc(N(C2CCc3c(-c4c(C)cc(OCC5(O)CCS(=O)(=O)CC5)cc4C)cccc32)S(=O)(=O)c2ccccc2[N+](=O)[O-])cc1F.